The molecule has 16 heavy (non-hydrogen) atoms. The van der Waals surface area contributed by atoms with E-state index in [1.54, 1.807) is 0 Å². The molecule has 0 radical (unpaired) electrons. The van der Waals surface area contributed by atoms with Gasteiger partial charge in [-0.1, -0.05) is 19.3 Å². The third-order valence-electron chi connectivity index (χ3n) is 2.63. The summed E-state index contributed by atoms with van der Waals surface area (Å²) in [7, 11) is 0. The van der Waals surface area contributed by atoms with Crippen molar-refractivity contribution in [2.75, 3.05) is 6.54 Å². The molecule has 0 aliphatic heterocycles. The molecule has 3 N–H and O–H groups in total. The van der Waals surface area contributed by atoms with E-state index in [9.17, 15) is 13.2 Å². The minimum Gasteiger partial charge on any atom is -0.370 e. The van der Waals surface area contributed by atoms with Gasteiger partial charge in [0.2, 0.25) is 0 Å². The molecule has 1 saturated carbocycles. The Bertz CT molecular complexity index is 232. The Morgan fingerprint density at radius 3 is 2.44 bits per heavy atom. The van der Waals surface area contributed by atoms with Crippen molar-refractivity contribution in [1.29, 1.82) is 0 Å². The van der Waals surface area contributed by atoms with Gasteiger partial charge in [0.1, 0.15) is 0 Å². The van der Waals surface area contributed by atoms with Crippen LogP contribution >= 0.6 is 0 Å². The van der Waals surface area contributed by atoms with Gasteiger partial charge in [-0.3, -0.25) is 4.99 Å². The highest BCUT2D eigenvalue weighted by atomic mass is 19.4. The van der Waals surface area contributed by atoms with Gasteiger partial charge in [0, 0.05) is 6.04 Å². The molecule has 1 aliphatic rings. The highest BCUT2D eigenvalue weighted by molar-refractivity contribution is 5.78. The van der Waals surface area contributed by atoms with Crippen molar-refractivity contribution < 1.29 is 13.2 Å². The molecule has 3 nitrogen and oxygen atoms in total. The zero-order valence-corrected chi connectivity index (χ0v) is 9.19. The quantitative estimate of drug-likeness (QED) is 0.584. The van der Waals surface area contributed by atoms with Crippen LogP contribution in [0.1, 0.15) is 38.5 Å². The molecule has 0 saturated heterocycles. The average molecular weight is 237 g/mol. The summed E-state index contributed by atoms with van der Waals surface area (Å²) in [6, 6.07) is 0.281. The van der Waals surface area contributed by atoms with Crippen LogP contribution in [-0.2, 0) is 0 Å². The minimum atomic E-state index is -4.16. The van der Waals surface area contributed by atoms with Crippen LogP contribution < -0.4 is 11.1 Å². The number of nitrogens with zero attached hydrogens (tertiary/aromatic N) is 1. The lowest BCUT2D eigenvalue weighted by atomic mass is 9.96. The number of hydrogen-bond acceptors (Lipinski definition) is 1. The normalized spacial score (nSPS) is 19.8. The fourth-order valence-corrected chi connectivity index (χ4v) is 1.80. The fraction of sp³-hybridized carbons (Fsp3) is 0.900. The van der Waals surface area contributed by atoms with E-state index in [2.05, 4.69) is 10.3 Å². The van der Waals surface area contributed by atoms with Crippen molar-refractivity contribution in [2.45, 2.75) is 50.7 Å². The molecule has 6 heteroatoms. The summed E-state index contributed by atoms with van der Waals surface area (Å²) in [6.45, 7) is -0.297. The molecule has 1 rings (SSSR count). The molecule has 0 atom stereocenters. The van der Waals surface area contributed by atoms with E-state index in [0.29, 0.717) is 0 Å². The Balaban J connectivity index is 2.22. The molecule has 0 aromatic carbocycles. The molecule has 94 valence electrons. The van der Waals surface area contributed by atoms with E-state index < -0.39 is 12.6 Å². The first-order valence-corrected chi connectivity index (χ1v) is 5.60. The van der Waals surface area contributed by atoms with Crippen LogP contribution in [0.25, 0.3) is 0 Å². The Morgan fingerprint density at radius 2 is 1.88 bits per heavy atom. The predicted octanol–water partition coefficient (Wildman–Crippen LogP) is 2.18. The van der Waals surface area contributed by atoms with Crippen LogP contribution in [0.3, 0.4) is 0 Å². The molecule has 0 heterocycles. The van der Waals surface area contributed by atoms with Gasteiger partial charge in [-0.25, -0.2) is 0 Å². The maximum atomic E-state index is 11.8. The third kappa shape index (κ3) is 5.82. The Hall–Kier alpha value is -0.940. The van der Waals surface area contributed by atoms with Gasteiger partial charge in [0.25, 0.3) is 0 Å². The summed E-state index contributed by atoms with van der Waals surface area (Å²) in [5, 5.41) is 2.97. The van der Waals surface area contributed by atoms with Crippen molar-refractivity contribution in [3.05, 3.63) is 0 Å². The second-order valence-electron chi connectivity index (χ2n) is 4.11. The minimum absolute atomic E-state index is 0.135. The van der Waals surface area contributed by atoms with Crippen LogP contribution in [0.2, 0.25) is 0 Å². The fourth-order valence-electron chi connectivity index (χ4n) is 1.80. The Labute approximate surface area is 93.3 Å². The lowest BCUT2D eigenvalue weighted by Gasteiger charge is -2.23. The van der Waals surface area contributed by atoms with Crippen molar-refractivity contribution >= 4 is 5.96 Å². The van der Waals surface area contributed by atoms with Crippen molar-refractivity contribution in [2.24, 2.45) is 10.7 Å². The largest absolute Gasteiger partial charge is 0.390 e. The summed E-state index contributed by atoms with van der Waals surface area (Å²) in [4.78, 5) is 3.67. The van der Waals surface area contributed by atoms with E-state index >= 15 is 0 Å². The number of alkyl halides is 3. The topological polar surface area (TPSA) is 50.4 Å². The number of nitrogens with one attached hydrogen (secondary N) is 1. The van der Waals surface area contributed by atoms with E-state index in [-0.39, 0.29) is 18.5 Å². The maximum absolute atomic E-state index is 11.8. The molecule has 0 aromatic rings. The number of nitrogens with two attached hydrogens (primary N) is 1. The Morgan fingerprint density at radius 1 is 1.25 bits per heavy atom. The van der Waals surface area contributed by atoms with Gasteiger partial charge in [0.05, 0.1) is 13.0 Å². The van der Waals surface area contributed by atoms with Gasteiger partial charge in [0.15, 0.2) is 5.96 Å². The van der Waals surface area contributed by atoms with Gasteiger partial charge < -0.3 is 11.1 Å². The molecular formula is C10H18F3N3. The molecule has 0 amide bonds. The van der Waals surface area contributed by atoms with Crippen LogP contribution in [-0.4, -0.2) is 24.7 Å². The first kappa shape index (κ1) is 13.1. The molecule has 1 aliphatic carbocycles. The van der Waals surface area contributed by atoms with E-state index in [4.69, 9.17) is 5.73 Å². The zero-order chi connectivity index (χ0) is 12.0. The Kier molecular flexibility index (Phi) is 4.89. The molecule has 0 unspecified atom stereocenters. The van der Waals surface area contributed by atoms with Crippen LogP contribution in [0.4, 0.5) is 13.2 Å². The summed E-state index contributed by atoms with van der Waals surface area (Å²) in [6.07, 6.45) is 0.490. The van der Waals surface area contributed by atoms with Crippen LogP contribution in [0.5, 0.6) is 0 Å². The van der Waals surface area contributed by atoms with E-state index in [1.165, 1.54) is 6.42 Å². The number of guanidine groups is 1. The number of aliphatic imine (C=N–C) groups is 1. The van der Waals surface area contributed by atoms with Crippen molar-refractivity contribution in [1.82, 2.24) is 5.32 Å². The molecule has 0 bridgehead atoms. The number of halogens is 3. The molecular weight excluding hydrogens is 219 g/mol. The molecule has 1 fully saturated rings. The highest BCUT2D eigenvalue weighted by Gasteiger charge is 2.26. The number of rotatable bonds is 3. The van der Waals surface area contributed by atoms with E-state index in [1.807, 2.05) is 0 Å². The van der Waals surface area contributed by atoms with Crippen molar-refractivity contribution in [3.8, 4) is 0 Å². The maximum Gasteiger partial charge on any atom is 0.390 e. The second kappa shape index (κ2) is 5.96. The van der Waals surface area contributed by atoms with Gasteiger partial charge >= 0.3 is 6.18 Å². The summed E-state index contributed by atoms with van der Waals surface area (Å²) in [5.41, 5.74) is 5.51. The average Bonchev–Trinajstić information content (AvgIpc) is 2.17. The third-order valence-corrected chi connectivity index (χ3v) is 2.63. The highest BCUT2D eigenvalue weighted by Crippen LogP contribution is 2.19. The number of hydrogen-bond donors (Lipinski definition) is 2. The smallest absolute Gasteiger partial charge is 0.370 e. The van der Waals surface area contributed by atoms with E-state index in [0.717, 1.165) is 25.7 Å². The summed E-state index contributed by atoms with van der Waals surface area (Å²) >= 11 is 0. The monoisotopic (exact) mass is 237 g/mol. The predicted molar refractivity (Wildman–Crippen MR) is 57.2 cm³/mol. The SMILES string of the molecule is NC(=NCCC(F)(F)F)NC1CCCCC1. The molecule has 0 aromatic heterocycles. The summed E-state index contributed by atoms with van der Waals surface area (Å²) < 4.78 is 35.5. The molecule has 0 spiro atoms. The van der Waals surface area contributed by atoms with Gasteiger partial charge in [-0.05, 0) is 12.8 Å². The van der Waals surface area contributed by atoms with Crippen LogP contribution in [0.15, 0.2) is 4.99 Å². The summed E-state index contributed by atoms with van der Waals surface area (Å²) in [5.74, 6) is 0.135. The lowest BCUT2D eigenvalue weighted by Crippen LogP contribution is -2.41. The lowest BCUT2D eigenvalue weighted by molar-refractivity contribution is -0.132. The van der Waals surface area contributed by atoms with Crippen LogP contribution in [0, 0.1) is 0 Å². The zero-order valence-electron chi connectivity index (χ0n) is 9.19. The van der Waals surface area contributed by atoms with Gasteiger partial charge in [-0.2, -0.15) is 13.2 Å². The second-order valence-corrected chi connectivity index (χ2v) is 4.11. The van der Waals surface area contributed by atoms with Crippen molar-refractivity contribution in [3.63, 3.8) is 0 Å². The first-order valence-electron chi connectivity index (χ1n) is 5.60. The standard InChI is InChI=1S/C10H18F3N3/c11-10(12,13)6-7-15-9(14)16-8-4-2-1-3-5-8/h8H,1-7H2,(H3,14,15,16). The first-order chi connectivity index (χ1) is 7.47. The van der Waals surface area contributed by atoms with Gasteiger partial charge in [-0.15, -0.1) is 0 Å².